The fourth-order valence-electron chi connectivity index (χ4n) is 7.83. The highest BCUT2D eigenvalue weighted by Crippen LogP contribution is 2.21. The van der Waals surface area contributed by atoms with E-state index in [9.17, 15) is 47.1 Å². The van der Waals surface area contributed by atoms with Crippen molar-refractivity contribution < 1.29 is 65.3 Å². The molecule has 3 aromatic carbocycles. The van der Waals surface area contributed by atoms with Crippen LogP contribution in [0.25, 0.3) is 10.9 Å². The number of carbonyl (C=O) groups is 7. The smallest absolute Gasteiger partial charge is 0.446 e. The van der Waals surface area contributed by atoms with Crippen LogP contribution in [-0.2, 0) is 56.7 Å². The zero-order chi connectivity index (χ0) is 54.4. The number of amides is 6. The Labute approximate surface area is 432 Å². The summed E-state index contributed by atoms with van der Waals surface area (Å²) in [6.07, 6.45) is 3.26. The standard InChI is InChI=1S/C52H71N7O14S/c1-7-9-19-41(57-49(65)43(59-51(67)72-52(4,5)6)28-34-23-26-38(27-24-34)73-74(68,69)70)47(63)54-32-45(60)56-44(29-35-31-53-40-21-15-14-18-39(35)40)50(66)58-42(20-10-8-2)48(64)55-36(30-46(61)62)25-22-33(3)71-37-16-12-11-13-17-37/h11-18,21,23-24,26-27,31,33,36,41-44,53H,7-10,19-20,22,25,28-30,32H2,1-6H3,(H,54,63)(H,55,64)(H,56,60)(H,57,65)(H,58,66)(H,59,67)(H,61,62)(H,68,69,70)/t33?,36-,41+,42+,43+,44-/m1/s1. The van der Waals surface area contributed by atoms with Crippen molar-refractivity contribution in [1.29, 1.82) is 0 Å². The van der Waals surface area contributed by atoms with Gasteiger partial charge in [-0.15, -0.1) is 0 Å². The van der Waals surface area contributed by atoms with E-state index in [1.165, 1.54) is 24.3 Å². The van der Waals surface area contributed by atoms with E-state index in [1.54, 1.807) is 27.0 Å². The Balaban J connectivity index is 1.50. The second-order valence-electron chi connectivity index (χ2n) is 19.0. The SMILES string of the molecule is CCCC[C@H](NC(=O)[C@H](Cc1ccc(OS(=O)(=O)O)cc1)NC(=O)OC(C)(C)C)C(=O)NCC(=O)N[C@H](Cc1c[nH]c2ccccc12)C(=O)N[C@@H](CCCC)C(=O)N[C@H](CCC(C)Oc1ccccc1)CC(=O)O. The van der Waals surface area contributed by atoms with Gasteiger partial charge in [-0.3, -0.25) is 33.3 Å². The largest absolute Gasteiger partial charge is 0.491 e. The number of unbranched alkanes of at least 4 members (excludes halogenated alkanes) is 2. The second-order valence-corrected chi connectivity index (χ2v) is 20.0. The summed E-state index contributed by atoms with van der Waals surface area (Å²) in [7, 11) is -4.80. The number of fused-ring (bicyclic) bond motifs is 1. The molecule has 0 aliphatic carbocycles. The molecule has 4 rings (SSSR count). The highest BCUT2D eigenvalue weighted by Gasteiger charge is 2.32. The van der Waals surface area contributed by atoms with E-state index in [0.717, 1.165) is 10.9 Å². The summed E-state index contributed by atoms with van der Waals surface area (Å²) in [5, 5.41) is 26.6. The van der Waals surface area contributed by atoms with Crippen LogP contribution >= 0.6 is 0 Å². The number of aromatic amines is 1. The lowest BCUT2D eigenvalue weighted by atomic mass is 10.0. The van der Waals surface area contributed by atoms with Gasteiger partial charge < -0.3 is 55.6 Å². The van der Waals surface area contributed by atoms with E-state index in [0.29, 0.717) is 49.0 Å². The lowest BCUT2D eigenvalue weighted by Crippen LogP contribution is -2.57. The molecule has 1 aromatic heterocycles. The summed E-state index contributed by atoms with van der Waals surface area (Å²) < 4.78 is 47.2. The number of hydrogen-bond donors (Lipinski definition) is 9. The minimum Gasteiger partial charge on any atom is -0.491 e. The molecule has 4 aromatic rings. The Morgan fingerprint density at radius 3 is 1.84 bits per heavy atom. The van der Waals surface area contributed by atoms with Crippen LogP contribution in [0.2, 0.25) is 0 Å². The zero-order valence-electron chi connectivity index (χ0n) is 42.7. The Morgan fingerprint density at radius 1 is 0.662 bits per heavy atom. The average Bonchev–Trinajstić information content (AvgIpc) is 3.74. The number of rotatable bonds is 30. The summed E-state index contributed by atoms with van der Waals surface area (Å²) in [6.45, 7) is 9.90. The van der Waals surface area contributed by atoms with Crippen LogP contribution < -0.4 is 40.8 Å². The molecule has 0 spiro atoms. The number of ether oxygens (including phenoxy) is 2. The summed E-state index contributed by atoms with van der Waals surface area (Å²) in [4.78, 5) is 97.8. The lowest BCUT2D eigenvalue weighted by Gasteiger charge is -2.26. The number of hydrogen-bond acceptors (Lipinski definition) is 12. The molecule has 0 saturated carbocycles. The van der Waals surface area contributed by atoms with Gasteiger partial charge in [0.1, 0.15) is 41.3 Å². The number of carbonyl (C=O) groups excluding carboxylic acids is 6. The van der Waals surface area contributed by atoms with E-state index >= 15 is 0 Å². The van der Waals surface area contributed by atoms with Crippen molar-refractivity contribution in [2.45, 2.75) is 154 Å². The third-order valence-corrected chi connectivity index (χ3v) is 11.9. The maximum absolute atomic E-state index is 14.3. The molecule has 1 unspecified atom stereocenters. The van der Waals surface area contributed by atoms with Crippen LogP contribution in [0.15, 0.2) is 85.1 Å². The molecule has 404 valence electrons. The van der Waals surface area contributed by atoms with E-state index in [2.05, 4.69) is 41.1 Å². The Kier molecular flexibility index (Phi) is 23.2. The summed E-state index contributed by atoms with van der Waals surface area (Å²) in [5.41, 5.74) is 0.944. The Bertz CT molecular complexity index is 2600. The molecule has 21 nitrogen and oxygen atoms in total. The van der Waals surface area contributed by atoms with Gasteiger partial charge in [0.15, 0.2) is 0 Å². The van der Waals surface area contributed by atoms with Gasteiger partial charge in [-0.25, -0.2) is 4.79 Å². The van der Waals surface area contributed by atoms with Crippen LogP contribution in [-0.4, -0.2) is 113 Å². The lowest BCUT2D eigenvalue weighted by molar-refractivity contribution is -0.138. The van der Waals surface area contributed by atoms with Crippen LogP contribution in [0.1, 0.15) is 110 Å². The van der Waals surface area contributed by atoms with E-state index < -0.39 is 94.4 Å². The summed E-state index contributed by atoms with van der Waals surface area (Å²) in [5.74, 6) is -4.27. The number of aliphatic carboxylic acids is 1. The van der Waals surface area contributed by atoms with Gasteiger partial charge in [-0.05, 0) is 94.8 Å². The number of carboxylic acid groups (broad SMARTS) is 1. The molecule has 0 saturated heterocycles. The summed E-state index contributed by atoms with van der Waals surface area (Å²) in [6, 6.07) is 16.1. The van der Waals surface area contributed by atoms with Crippen LogP contribution in [0.4, 0.5) is 4.79 Å². The molecule has 0 fully saturated rings. The first-order valence-electron chi connectivity index (χ1n) is 24.7. The van der Waals surface area contributed by atoms with Gasteiger partial charge in [0.2, 0.25) is 29.5 Å². The van der Waals surface area contributed by atoms with E-state index in [-0.39, 0.29) is 50.4 Å². The van der Waals surface area contributed by atoms with Crippen molar-refractivity contribution in [3.63, 3.8) is 0 Å². The number of aromatic nitrogens is 1. The quantitative estimate of drug-likeness (QED) is 0.0304. The number of H-pyrrole nitrogens is 1. The van der Waals surface area contributed by atoms with Crippen LogP contribution in [0.5, 0.6) is 11.5 Å². The second kappa shape index (κ2) is 28.9. The maximum atomic E-state index is 14.3. The molecule has 0 aliphatic rings. The van der Waals surface area contributed by atoms with Crippen LogP contribution in [0, 0.1) is 0 Å². The van der Waals surface area contributed by atoms with Crippen molar-refractivity contribution in [3.05, 3.63) is 96.2 Å². The predicted molar refractivity (Wildman–Crippen MR) is 275 cm³/mol. The van der Waals surface area contributed by atoms with Crippen molar-refractivity contribution in [1.82, 2.24) is 36.9 Å². The first-order valence-corrected chi connectivity index (χ1v) is 26.1. The fraction of sp³-hybridized carbons (Fsp3) is 0.481. The molecule has 6 amide bonds. The van der Waals surface area contributed by atoms with Gasteiger partial charge in [-0.1, -0.05) is 88.1 Å². The first-order chi connectivity index (χ1) is 35.0. The zero-order valence-corrected chi connectivity index (χ0v) is 43.6. The number of carboxylic acids is 1. The summed E-state index contributed by atoms with van der Waals surface area (Å²) >= 11 is 0. The molecule has 22 heteroatoms. The molecular weight excluding hydrogens is 979 g/mol. The van der Waals surface area contributed by atoms with E-state index in [1.807, 2.05) is 75.4 Å². The Morgan fingerprint density at radius 2 is 1.24 bits per heavy atom. The highest BCUT2D eigenvalue weighted by molar-refractivity contribution is 7.81. The minimum atomic E-state index is -4.80. The monoisotopic (exact) mass is 1050 g/mol. The number of benzene rings is 3. The van der Waals surface area contributed by atoms with Crippen molar-refractivity contribution in [2.75, 3.05) is 6.54 Å². The third-order valence-electron chi connectivity index (χ3n) is 11.5. The van der Waals surface area contributed by atoms with Gasteiger partial charge in [0, 0.05) is 36.0 Å². The predicted octanol–water partition coefficient (Wildman–Crippen LogP) is 5.19. The maximum Gasteiger partial charge on any atom is 0.446 e. The van der Waals surface area contributed by atoms with Crippen molar-refractivity contribution >= 4 is 62.9 Å². The fourth-order valence-corrected chi connectivity index (χ4v) is 8.18. The molecule has 9 N–H and O–H groups in total. The van der Waals surface area contributed by atoms with Crippen molar-refractivity contribution in [2.24, 2.45) is 0 Å². The normalized spacial score (nSPS) is 13.9. The topological polar surface area (TPSA) is 310 Å². The minimum absolute atomic E-state index is 0.0316. The number of nitrogens with one attached hydrogen (secondary N) is 7. The highest BCUT2D eigenvalue weighted by atomic mass is 32.3. The Hall–Kier alpha value is -7.20. The molecule has 6 atom stereocenters. The van der Waals surface area contributed by atoms with Gasteiger partial charge in [0.25, 0.3) is 0 Å². The average molecular weight is 1050 g/mol. The molecule has 74 heavy (non-hydrogen) atoms. The molecular formula is C52H71N7O14S. The van der Waals surface area contributed by atoms with Gasteiger partial charge >= 0.3 is 22.5 Å². The van der Waals surface area contributed by atoms with Gasteiger partial charge in [0.05, 0.1) is 19.1 Å². The molecule has 0 bridgehead atoms. The van der Waals surface area contributed by atoms with Gasteiger partial charge in [-0.2, -0.15) is 8.42 Å². The first kappa shape index (κ1) is 59.4. The van der Waals surface area contributed by atoms with Crippen molar-refractivity contribution in [3.8, 4) is 11.5 Å². The number of alkyl carbamates (subject to hydrolysis) is 1. The van der Waals surface area contributed by atoms with Crippen LogP contribution in [0.3, 0.4) is 0 Å². The number of para-hydroxylation sites is 2. The van der Waals surface area contributed by atoms with E-state index in [4.69, 9.17) is 14.0 Å². The molecule has 0 aliphatic heterocycles. The molecule has 0 radical (unpaired) electrons. The third kappa shape index (κ3) is 21.5. The molecule has 1 heterocycles.